The summed E-state index contributed by atoms with van der Waals surface area (Å²) in [6.45, 7) is 0.462. The number of hydrogen-bond donors (Lipinski definition) is 2. The summed E-state index contributed by atoms with van der Waals surface area (Å²) in [7, 11) is 0. The van der Waals surface area contributed by atoms with Crippen molar-refractivity contribution in [3.05, 3.63) is 45.1 Å². The van der Waals surface area contributed by atoms with Crippen molar-refractivity contribution in [3.8, 4) is 11.9 Å². The second kappa shape index (κ2) is 7.93. The van der Waals surface area contributed by atoms with Crippen molar-refractivity contribution in [2.45, 2.75) is 31.0 Å². The third-order valence-corrected chi connectivity index (χ3v) is 5.76. The smallest absolute Gasteiger partial charge is 0.296 e. The minimum atomic E-state index is -0.657. The van der Waals surface area contributed by atoms with Crippen LogP contribution < -0.4 is 9.47 Å². The number of hydrogen-bond acceptors (Lipinski definition) is 7. The van der Waals surface area contributed by atoms with Crippen LogP contribution in [0.3, 0.4) is 0 Å². The lowest BCUT2D eigenvalue weighted by atomic mass is 10.1. The van der Waals surface area contributed by atoms with Crippen LogP contribution in [0.2, 0.25) is 5.02 Å². The van der Waals surface area contributed by atoms with E-state index in [2.05, 4.69) is 30.9 Å². The number of aliphatic hydroxyl groups excluding tert-OH is 1. The molecule has 2 aliphatic rings. The number of nitrogens with zero attached hydrogens (tertiary/aromatic N) is 2. The molecule has 0 amide bonds. The number of imidazole rings is 1. The molecule has 2 aliphatic heterocycles. The first kappa shape index (κ1) is 20.0. The van der Waals surface area contributed by atoms with Gasteiger partial charge < -0.3 is 29.0 Å². The van der Waals surface area contributed by atoms with Gasteiger partial charge in [0.2, 0.25) is 5.88 Å². The number of fused-ring (bicyclic) bond motifs is 2. The monoisotopic (exact) mass is 499 g/mol. The molecule has 4 heterocycles. The summed E-state index contributed by atoms with van der Waals surface area (Å²) in [6.07, 6.45) is -1.82. The van der Waals surface area contributed by atoms with E-state index in [9.17, 15) is 9.50 Å². The number of halogens is 3. The molecule has 5 rings (SSSR count). The maximum Gasteiger partial charge on any atom is 0.296 e. The molecule has 2 fully saturated rings. The first-order valence-electron chi connectivity index (χ1n) is 9.19. The molecule has 158 valence electrons. The Morgan fingerprint density at radius 3 is 2.90 bits per heavy atom. The third-order valence-electron chi connectivity index (χ3n) is 5.00. The molecule has 1 aromatic carbocycles. The van der Waals surface area contributed by atoms with Crippen LogP contribution >= 0.6 is 27.5 Å². The molecule has 4 atom stereocenters. The molecule has 0 bridgehead atoms. The van der Waals surface area contributed by atoms with Gasteiger partial charge in [0.1, 0.15) is 35.8 Å². The highest BCUT2D eigenvalue weighted by Crippen LogP contribution is 2.31. The summed E-state index contributed by atoms with van der Waals surface area (Å²) in [6, 6.07) is 6.54. The van der Waals surface area contributed by atoms with Crippen LogP contribution in [0.1, 0.15) is 5.56 Å². The van der Waals surface area contributed by atoms with Crippen LogP contribution in [0.4, 0.5) is 4.39 Å². The maximum atomic E-state index is 14.0. The van der Waals surface area contributed by atoms with Gasteiger partial charge in [-0.3, -0.25) is 0 Å². The Hall–Kier alpha value is -1.98. The van der Waals surface area contributed by atoms with Crippen molar-refractivity contribution in [3.63, 3.8) is 0 Å². The average Bonchev–Trinajstić information content (AvgIpc) is 3.38. The number of pyridine rings is 1. The van der Waals surface area contributed by atoms with E-state index in [0.717, 1.165) is 0 Å². The van der Waals surface area contributed by atoms with Crippen LogP contribution in [0.5, 0.6) is 11.9 Å². The fourth-order valence-electron chi connectivity index (χ4n) is 3.51. The molecule has 3 aromatic rings. The standard InChI is InChI=1S/C19H16BrClFN3O5/c20-9-2-1-8(11(22)3-9)5-29-18-10(21)4-12-17(24-18)25-19(23-12)30-14-7-28-15-13(26)6-27-16(14)15/h1-4,13-16,26H,5-7H2,(H,23,24,25). The van der Waals surface area contributed by atoms with Gasteiger partial charge >= 0.3 is 0 Å². The van der Waals surface area contributed by atoms with Crippen LogP contribution in [0.15, 0.2) is 28.7 Å². The summed E-state index contributed by atoms with van der Waals surface area (Å²) in [5.41, 5.74) is 1.26. The average molecular weight is 501 g/mol. The Morgan fingerprint density at radius 1 is 1.23 bits per heavy atom. The third kappa shape index (κ3) is 3.74. The predicted octanol–water partition coefficient (Wildman–Crippen LogP) is 3.00. The minimum Gasteiger partial charge on any atom is -0.472 e. The van der Waals surface area contributed by atoms with E-state index in [4.69, 9.17) is 30.5 Å². The molecule has 8 nitrogen and oxygen atoms in total. The molecule has 30 heavy (non-hydrogen) atoms. The summed E-state index contributed by atoms with van der Waals surface area (Å²) in [5, 5.41) is 10.1. The van der Waals surface area contributed by atoms with Gasteiger partial charge in [0.05, 0.1) is 18.7 Å². The van der Waals surface area contributed by atoms with Gasteiger partial charge in [-0.15, -0.1) is 0 Å². The number of nitrogens with one attached hydrogen (secondary N) is 1. The predicted molar refractivity (Wildman–Crippen MR) is 107 cm³/mol. The van der Waals surface area contributed by atoms with Crippen molar-refractivity contribution >= 4 is 38.7 Å². The highest BCUT2D eigenvalue weighted by atomic mass is 79.9. The molecular formula is C19H16BrClFN3O5. The number of aliphatic hydroxyl groups is 1. The van der Waals surface area contributed by atoms with Crippen molar-refractivity contribution in [2.75, 3.05) is 13.2 Å². The van der Waals surface area contributed by atoms with Gasteiger partial charge in [-0.2, -0.15) is 9.97 Å². The van der Waals surface area contributed by atoms with Crippen LogP contribution in [0, 0.1) is 5.82 Å². The second-order valence-corrected chi connectivity index (χ2v) is 8.36. The second-order valence-electron chi connectivity index (χ2n) is 7.03. The Balaban J connectivity index is 1.32. The van der Waals surface area contributed by atoms with Crippen molar-refractivity contribution in [1.29, 1.82) is 0 Å². The zero-order chi connectivity index (χ0) is 20.8. The van der Waals surface area contributed by atoms with E-state index < -0.39 is 24.1 Å². The normalized spacial score (nSPS) is 25.6. The molecular weight excluding hydrogens is 485 g/mol. The number of H-pyrrole nitrogens is 1. The molecule has 2 saturated heterocycles. The fourth-order valence-corrected chi connectivity index (χ4v) is 4.05. The first-order valence-corrected chi connectivity index (χ1v) is 10.4. The molecule has 2 aromatic heterocycles. The molecule has 4 unspecified atom stereocenters. The van der Waals surface area contributed by atoms with Crippen LogP contribution in [0.25, 0.3) is 11.2 Å². The first-order chi connectivity index (χ1) is 14.5. The zero-order valence-corrected chi connectivity index (χ0v) is 17.7. The van der Waals surface area contributed by atoms with Gasteiger partial charge in [0.25, 0.3) is 6.01 Å². The lowest BCUT2D eigenvalue weighted by Gasteiger charge is -2.15. The Morgan fingerprint density at radius 2 is 2.07 bits per heavy atom. The number of aromatic nitrogens is 3. The number of ether oxygens (including phenoxy) is 4. The van der Waals surface area contributed by atoms with E-state index in [1.807, 2.05) is 0 Å². The molecule has 0 radical (unpaired) electrons. The fraction of sp³-hybridized carbons (Fsp3) is 0.368. The summed E-state index contributed by atoms with van der Waals surface area (Å²) in [4.78, 5) is 11.6. The van der Waals surface area contributed by atoms with E-state index in [1.165, 1.54) is 6.07 Å². The van der Waals surface area contributed by atoms with Crippen molar-refractivity contribution in [2.24, 2.45) is 0 Å². The minimum absolute atomic E-state index is 0.0345. The lowest BCUT2D eigenvalue weighted by Crippen LogP contribution is -2.34. The highest BCUT2D eigenvalue weighted by molar-refractivity contribution is 9.10. The summed E-state index contributed by atoms with van der Waals surface area (Å²) in [5.74, 6) is -0.260. The van der Waals surface area contributed by atoms with Gasteiger partial charge in [0.15, 0.2) is 11.8 Å². The van der Waals surface area contributed by atoms with Crippen LogP contribution in [-0.2, 0) is 16.1 Å². The molecule has 11 heteroatoms. The largest absolute Gasteiger partial charge is 0.472 e. The van der Waals surface area contributed by atoms with Crippen LogP contribution in [-0.4, -0.2) is 57.7 Å². The molecule has 2 N–H and O–H groups in total. The van der Waals surface area contributed by atoms with Gasteiger partial charge in [-0.25, -0.2) is 4.39 Å². The molecule has 0 spiro atoms. The van der Waals surface area contributed by atoms with Crippen molar-refractivity contribution < 1.29 is 28.4 Å². The van der Waals surface area contributed by atoms with Gasteiger partial charge in [-0.05, 0) is 18.2 Å². The van der Waals surface area contributed by atoms with E-state index in [0.29, 0.717) is 21.2 Å². The lowest BCUT2D eigenvalue weighted by molar-refractivity contribution is 0.00706. The van der Waals surface area contributed by atoms with Crippen molar-refractivity contribution in [1.82, 2.24) is 15.0 Å². The highest BCUT2D eigenvalue weighted by Gasteiger charge is 2.48. The molecule has 0 saturated carbocycles. The maximum absolute atomic E-state index is 14.0. The van der Waals surface area contributed by atoms with Gasteiger partial charge in [0, 0.05) is 10.0 Å². The Labute approximate surface area is 183 Å². The zero-order valence-electron chi connectivity index (χ0n) is 15.3. The Bertz CT molecular complexity index is 1100. The number of rotatable bonds is 5. The van der Waals surface area contributed by atoms with E-state index in [1.54, 1.807) is 18.2 Å². The topological polar surface area (TPSA) is 98.7 Å². The van der Waals surface area contributed by atoms with E-state index >= 15 is 0 Å². The van der Waals surface area contributed by atoms with Gasteiger partial charge in [-0.1, -0.05) is 33.6 Å². The summed E-state index contributed by atoms with van der Waals surface area (Å²) < 4.78 is 37.2. The quantitative estimate of drug-likeness (QED) is 0.556. The number of benzene rings is 1. The van der Waals surface area contributed by atoms with E-state index in [-0.39, 0.29) is 42.8 Å². The number of aromatic amines is 1. The Kier molecular flexibility index (Phi) is 5.28. The molecule has 0 aliphatic carbocycles. The summed E-state index contributed by atoms with van der Waals surface area (Å²) >= 11 is 9.47. The SMILES string of the molecule is OC1COC2C(Oc3nc4nc(OCc5ccc(Br)cc5F)c(Cl)cc4[nH]3)COC12.